The van der Waals surface area contributed by atoms with Gasteiger partial charge in [-0.3, -0.25) is 19.7 Å². The second kappa shape index (κ2) is 17.2. The number of rotatable bonds is 9. The number of carbonyl (C=O) groups excluding carboxylic acids is 2. The summed E-state index contributed by atoms with van der Waals surface area (Å²) in [4.78, 5) is 24.7. The van der Waals surface area contributed by atoms with Gasteiger partial charge < -0.3 is 10.1 Å². The van der Waals surface area contributed by atoms with Gasteiger partial charge in [-0.25, -0.2) is 5.48 Å². The fourth-order valence-corrected chi connectivity index (χ4v) is 3.52. The van der Waals surface area contributed by atoms with Gasteiger partial charge in [0, 0.05) is 55.7 Å². The molecule has 2 aromatic rings. The number of carbonyl (C=O) groups is 2. The zero-order chi connectivity index (χ0) is 29.4. The predicted octanol–water partition coefficient (Wildman–Crippen LogP) is 5.18. The average molecular weight is 536 g/mol. The molecular weight excluding hydrogens is 490 g/mol. The fourth-order valence-electron chi connectivity index (χ4n) is 3.52. The van der Waals surface area contributed by atoms with Gasteiger partial charge in [-0.2, -0.15) is 0 Å². The van der Waals surface area contributed by atoms with Crippen molar-refractivity contribution in [3.63, 3.8) is 0 Å². The number of ketones is 1. The molecule has 7 nitrogen and oxygen atoms in total. The van der Waals surface area contributed by atoms with Gasteiger partial charge in [-0.05, 0) is 57.0 Å². The van der Waals surface area contributed by atoms with E-state index in [1.807, 2.05) is 38.1 Å². The number of amides is 1. The van der Waals surface area contributed by atoms with Gasteiger partial charge in [-0.1, -0.05) is 63.5 Å². The smallest absolute Gasteiger partial charge is 0.254 e. The van der Waals surface area contributed by atoms with Gasteiger partial charge in [0.15, 0.2) is 5.78 Å². The molecule has 0 spiro atoms. The standard InChI is InChI=1S/C23H25NO2.C7H14N2O2.C2H6/c1-3-14-26-23-16-24(17-23)15-21-8-6-19(7-9-21)4-5-20-10-12-22(13-11-20)18(2)25;1-5(8-4)7(2,3)6(10)9-11;1-2/h6-13,23H,3,14-17H2,1-2H3;8,11H,1H2,2-4H3,(H,9,10);1-2H3. The van der Waals surface area contributed by atoms with Crippen LogP contribution in [0, 0.1) is 17.3 Å². The van der Waals surface area contributed by atoms with Crippen LogP contribution in [0.3, 0.4) is 0 Å². The van der Waals surface area contributed by atoms with E-state index in [4.69, 9.17) is 9.94 Å². The van der Waals surface area contributed by atoms with Crippen LogP contribution in [-0.4, -0.2) is 54.6 Å². The molecule has 39 heavy (non-hydrogen) atoms. The minimum Gasteiger partial charge on any atom is -0.391 e. The molecule has 1 aliphatic heterocycles. The lowest BCUT2D eigenvalue weighted by molar-refractivity contribution is -0.136. The molecule has 0 saturated carbocycles. The highest BCUT2D eigenvalue weighted by atomic mass is 16.5. The molecule has 0 aliphatic carbocycles. The fraction of sp³-hybridized carbons (Fsp3) is 0.438. The Kier molecular flexibility index (Phi) is 14.8. The molecule has 0 aromatic heterocycles. The molecule has 0 unspecified atom stereocenters. The minimum atomic E-state index is -0.788. The molecule has 2 aromatic carbocycles. The van der Waals surface area contributed by atoms with Gasteiger partial charge in [0.25, 0.3) is 5.91 Å². The largest absolute Gasteiger partial charge is 0.391 e. The average Bonchev–Trinajstić information content (AvgIpc) is 2.94. The van der Waals surface area contributed by atoms with E-state index in [2.05, 4.69) is 59.8 Å². The molecule has 0 bridgehead atoms. The maximum Gasteiger partial charge on any atom is 0.254 e. The van der Waals surface area contributed by atoms with Crippen LogP contribution in [0.5, 0.6) is 0 Å². The van der Waals surface area contributed by atoms with Crippen molar-refractivity contribution in [2.24, 2.45) is 5.41 Å². The highest BCUT2D eigenvalue weighted by Crippen LogP contribution is 2.22. The van der Waals surface area contributed by atoms with Crippen LogP contribution in [-0.2, 0) is 16.1 Å². The Morgan fingerprint density at radius 3 is 2.00 bits per heavy atom. The van der Waals surface area contributed by atoms with Crippen LogP contribution >= 0.6 is 0 Å². The number of nitrogens with one attached hydrogen (secondary N) is 2. The Morgan fingerprint density at radius 2 is 1.56 bits per heavy atom. The molecule has 1 aliphatic rings. The van der Waals surface area contributed by atoms with Crippen LogP contribution in [0.2, 0.25) is 0 Å². The lowest BCUT2D eigenvalue weighted by Crippen LogP contribution is -2.51. The van der Waals surface area contributed by atoms with Crippen molar-refractivity contribution >= 4 is 11.7 Å². The number of benzene rings is 2. The van der Waals surface area contributed by atoms with Crippen LogP contribution in [0.1, 0.15) is 75.0 Å². The predicted molar refractivity (Wildman–Crippen MR) is 157 cm³/mol. The summed E-state index contributed by atoms with van der Waals surface area (Å²) in [5, 5.41) is 11.1. The van der Waals surface area contributed by atoms with E-state index in [0.29, 0.717) is 17.4 Å². The molecule has 1 amide bonds. The third kappa shape index (κ3) is 11.1. The Balaban J connectivity index is 0.000000495. The first-order valence-corrected chi connectivity index (χ1v) is 13.5. The van der Waals surface area contributed by atoms with Crippen molar-refractivity contribution < 1.29 is 19.5 Å². The van der Waals surface area contributed by atoms with E-state index in [1.54, 1.807) is 33.3 Å². The van der Waals surface area contributed by atoms with Crippen LogP contribution in [0.4, 0.5) is 0 Å². The first kappa shape index (κ1) is 33.6. The normalized spacial score (nSPS) is 12.7. The molecule has 3 N–H and O–H groups in total. The first-order valence-electron chi connectivity index (χ1n) is 13.5. The van der Waals surface area contributed by atoms with Crippen molar-refractivity contribution in [3.05, 3.63) is 83.1 Å². The third-order valence-electron chi connectivity index (χ3n) is 6.21. The number of hydroxylamine groups is 1. The summed E-state index contributed by atoms with van der Waals surface area (Å²) in [5.41, 5.74) is 5.28. The third-order valence-corrected chi connectivity index (χ3v) is 6.21. The summed E-state index contributed by atoms with van der Waals surface area (Å²) >= 11 is 0. The Labute approximate surface area is 234 Å². The van der Waals surface area contributed by atoms with Gasteiger partial charge in [0.05, 0.1) is 11.5 Å². The second-order valence-electron chi connectivity index (χ2n) is 9.56. The first-order chi connectivity index (χ1) is 18.6. The number of ether oxygens (including phenoxy) is 1. The number of Topliss-reactive ketones (excluding diaryl/α,β-unsaturated/α-hetero) is 1. The summed E-state index contributed by atoms with van der Waals surface area (Å²) in [7, 11) is 1.68. The molecular formula is C32H45N3O4. The van der Waals surface area contributed by atoms with Crippen molar-refractivity contribution in [2.75, 3.05) is 26.7 Å². The molecule has 212 valence electrons. The zero-order valence-electron chi connectivity index (χ0n) is 24.6. The molecule has 1 fully saturated rings. The minimum absolute atomic E-state index is 0.0746. The molecule has 1 saturated heterocycles. The van der Waals surface area contributed by atoms with Crippen molar-refractivity contribution in [2.45, 2.75) is 60.6 Å². The Hall–Kier alpha value is -3.44. The molecule has 7 heteroatoms. The molecule has 0 atom stereocenters. The van der Waals surface area contributed by atoms with E-state index in [-0.39, 0.29) is 5.78 Å². The number of likely N-dealkylation sites (tertiary alicyclic amines) is 1. The zero-order valence-corrected chi connectivity index (χ0v) is 24.6. The quantitative estimate of drug-likeness (QED) is 0.177. The lowest BCUT2D eigenvalue weighted by atomic mass is 9.89. The Morgan fingerprint density at radius 1 is 1.05 bits per heavy atom. The van der Waals surface area contributed by atoms with E-state index in [0.717, 1.165) is 43.8 Å². The number of hydrogen-bond donors (Lipinski definition) is 3. The maximum atomic E-state index is 11.3. The van der Waals surface area contributed by atoms with Crippen LogP contribution in [0.25, 0.3) is 0 Å². The van der Waals surface area contributed by atoms with Crippen molar-refractivity contribution in [1.29, 1.82) is 0 Å². The van der Waals surface area contributed by atoms with Crippen LogP contribution in [0.15, 0.2) is 60.8 Å². The second-order valence-corrected chi connectivity index (χ2v) is 9.56. The van der Waals surface area contributed by atoms with Crippen molar-refractivity contribution in [3.8, 4) is 11.8 Å². The van der Waals surface area contributed by atoms with Crippen LogP contribution < -0.4 is 10.8 Å². The van der Waals surface area contributed by atoms with Gasteiger partial charge in [0.2, 0.25) is 0 Å². The topological polar surface area (TPSA) is 90.9 Å². The van der Waals surface area contributed by atoms with E-state index in [9.17, 15) is 9.59 Å². The summed E-state index contributed by atoms with van der Waals surface area (Å²) in [6.07, 6.45) is 1.49. The summed E-state index contributed by atoms with van der Waals surface area (Å²) in [5.74, 6) is 5.93. The van der Waals surface area contributed by atoms with E-state index >= 15 is 0 Å². The van der Waals surface area contributed by atoms with Gasteiger partial charge >= 0.3 is 0 Å². The molecule has 1 heterocycles. The molecule has 0 radical (unpaired) electrons. The SMILES string of the molecule is C=C(NC)C(C)(C)C(=O)NO.CC.CCCOC1CN(Cc2ccc(C#Cc3ccc(C(C)=O)cc3)cc2)C1. The maximum absolute atomic E-state index is 11.3. The van der Waals surface area contributed by atoms with Gasteiger partial charge in [-0.15, -0.1) is 0 Å². The lowest BCUT2D eigenvalue weighted by Gasteiger charge is -2.38. The summed E-state index contributed by atoms with van der Waals surface area (Å²) in [6, 6.07) is 15.8. The summed E-state index contributed by atoms with van der Waals surface area (Å²) < 4.78 is 5.73. The van der Waals surface area contributed by atoms with E-state index < -0.39 is 11.3 Å². The van der Waals surface area contributed by atoms with E-state index in [1.165, 1.54) is 5.56 Å². The van der Waals surface area contributed by atoms with Crippen molar-refractivity contribution in [1.82, 2.24) is 15.7 Å². The Bertz CT molecular complexity index is 1090. The highest BCUT2D eigenvalue weighted by molar-refractivity contribution is 5.94. The van der Waals surface area contributed by atoms with Gasteiger partial charge in [0.1, 0.15) is 0 Å². The highest BCUT2D eigenvalue weighted by Gasteiger charge is 2.30. The monoisotopic (exact) mass is 535 g/mol. The summed E-state index contributed by atoms with van der Waals surface area (Å²) in [6.45, 7) is 18.6. The molecule has 3 rings (SSSR count). The number of hydrogen-bond acceptors (Lipinski definition) is 6. The number of nitrogens with zero attached hydrogens (tertiary/aromatic N) is 1.